The zero-order valence-electron chi connectivity index (χ0n) is 21.8. The molecule has 198 valence electrons. The molecule has 2 heterocycles. The first-order valence-electron chi connectivity index (χ1n) is 13.7. The molecular weight excluding hydrogens is 469 g/mol. The molecule has 4 rings (SSSR count). The Morgan fingerprint density at radius 3 is 2.35 bits per heavy atom. The first-order valence-corrected chi connectivity index (χ1v) is 13.7. The monoisotopic (exact) mass is 507 g/mol. The number of piperidine rings is 1. The van der Waals surface area contributed by atoms with Crippen molar-refractivity contribution in [2.45, 2.75) is 64.2 Å². The lowest BCUT2D eigenvalue weighted by Gasteiger charge is -2.31. The summed E-state index contributed by atoms with van der Waals surface area (Å²) in [6, 6.07) is 11.3. The fraction of sp³-hybridized carbons (Fsp3) is 0.484. The van der Waals surface area contributed by atoms with Crippen LogP contribution >= 0.6 is 0 Å². The van der Waals surface area contributed by atoms with Crippen LogP contribution in [0.5, 0.6) is 5.75 Å². The molecule has 0 aliphatic carbocycles. The number of hydrogen-bond donors (Lipinski definition) is 0. The Labute approximate surface area is 218 Å². The second kappa shape index (κ2) is 13.5. The fourth-order valence-corrected chi connectivity index (χ4v) is 5.25. The summed E-state index contributed by atoms with van der Waals surface area (Å²) in [5.41, 5.74) is 2.01. The summed E-state index contributed by atoms with van der Waals surface area (Å²) in [4.78, 5) is 27.8. The lowest BCUT2D eigenvalue weighted by Crippen LogP contribution is -2.36. The van der Waals surface area contributed by atoms with E-state index < -0.39 is 0 Å². The molecule has 0 bridgehead atoms. The second-order valence-corrected chi connectivity index (χ2v) is 10.2. The van der Waals surface area contributed by atoms with E-state index in [1.807, 2.05) is 0 Å². The van der Waals surface area contributed by atoms with Crippen LogP contribution in [0.25, 0.3) is 11.0 Å². The van der Waals surface area contributed by atoms with E-state index in [9.17, 15) is 14.0 Å². The normalized spacial score (nSPS) is 14.8. The molecule has 0 amide bonds. The number of ketones is 1. The maximum absolute atomic E-state index is 13.1. The third-order valence-electron chi connectivity index (χ3n) is 7.56. The predicted octanol–water partition coefficient (Wildman–Crippen LogP) is 6.81. The molecule has 0 saturated carbocycles. The van der Waals surface area contributed by atoms with Crippen molar-refractivity contribution in [3.63, 3.8) is 0 Å². The van der Waals surface area contributed by atoms with Crippen LogP contribution in [-0.4, -0.2) is 37.4 Å². The number of hydrogen-bond acceptors (Lipinski definition) is 5. The molecule has 0 N–H and O–H groups in total. The SMILES string of the molecule is COc1ccc2occ(CCCCCCCCCN3CCC(C(=O)c4ccc(F)cc4)CC3)c(=O)c2c1. The first kappa shape index (κ1) is 27.1. The average molecular weight is 508 g/mol. The number of likely N-dealkylation sites (tertiary alicyclic amines) is 1. The number of carbonyl (C=O) groups excluding carboxylic acids is 1. The molecule has 3 aromatic rings. The number of methoxy groups -OCH3 is 1. The lowest BCUT2D eigenvalue weighted by atomic mass is 9.89. The van der Waals surface area contributed by atoms with Crippen molar-refractivity contribution in [3.8, 4) is 5.75 Å². The molecule has 0 atom stereocenters. The lowest BCUT2D eigenvalue weighted by molar-refractivity contribution is 0.0839. The maximum Gasteiger partial charge on any atom is 0.195 e. The van der Waals surface area contributed by atoms with Gasteiger partial charge in [0.2, 0.25) is 0 Å². The maximum atomic E-state index is 13.1. The number of Topliss-reactive ketones (excluding diaryl/α,β-unsaturated/α-hetero) is 1. The molecule has 1 saturated heterocycles. The highest BCUT2D eigenvalue weighted by Gasteiger charge is 2.25. The number of benzene rings is 2. The largest absolute Gasteiger partial charge is 0.497 e. The van der Waals surface area contributed by atoms with Crippen LogP contribution in [0, 0.1) is 11.7 Å². The van der Waals surface area contributed by atoms with Crippen LogP contribution in [-0.2, 0) is 6.42 Å². The first-order chi connectivity index (χ1) is 18.0. The van der Waals surface area contributed by atoms with Crippen LogP contribution in [0.2, 0.25) is 0 Å². The fourth-order valence-electron chi connectivity index (χ4n) is 5.25. The molecule has 2 aromatic carbocycles. The Morgan fingerprint density at radius 2 is 1.65 bits per heavy atom. The van der Waals surface area contributed by atoms with E-state index in [2.05, 4.69) is 4.90 Å². The number of unbranched alkanes of at least 4 members (excludes halogenated alkanes) is 6. The highest BCUT2D eigenvalue weighted by atomic mass is 19.1. The van der Waals surface area contributed by atoms with Crippen molar-refractivity contribution in [1.29, 1.82) is 0 Å². The molecule has 6 heteroatoms. The summed E-state index contributed by atoms with van der Waals surface area (Å²) in [6.07, 6.45) is 12.3. The Bertz CT molecular complexity index is 1210. The zero-order chi connectivity index (χ0) is 26.0. The average Bonchev–Trinajstić information content (AvgIpc) is 2.93. The number of halogens is 1. The summed E-state index contributed by atoms with van der Waals surface area (Å²) in [6.45, 7) is 3.03. The van der Waals surface area contributed by atoms with E-state index in [4.69, 9.17) is 9.15 Å². The van der Waals surface area contributed by atoms with E-state index in [1.54, 1.807) is 43.7 Å². The van der Waals surface area contributed by atoms with Gasteiger partial charge in [0.1, 0.15) is 17.1 Å². The molecule has 0 unspecified atom stereocenters. The van der Waals surface area contributed by atoms with Gasteiger partial charge < -0.3 is 14.1 Å². The number of nitrogens with zero attached hydrogens (tertiary/aromatic N) is 1. The number of carbonyl (C=O) groups is 1. The van der Waals surface area contributed by atoms with Crippen molar-refractivity contribution in [3.05, 3.63) is 75.9 Å². The molecule has 1 aromatic heterocycles. The molecule has 1 fully saturated rings. The van der Waals surface area contributed by atoms with E-state index in [-0.39, 0.29) is 22.9 Å². The summed E-state index contributed by atoms with van der Waals surface area (Å²) >= 11 is 0. The van der Waals surface area contributed by atoms with Crippen LogP contribution in [0.1, 0.15) is 73.7 Å². The van der Waals surface area contributed by atoms with Crippen molar-refractivity contribution in [2.75, 3.05) is 26.7 Å². The summed E-state index contributed by atoms with van der Waals surface area (Å²) in [5, 5.41) is 0.584. The van der Waals surface area contributed by atoms with Gasteiger partial charge in [-0.25, -0.2) is 4.39 Å². The van der Waals surface area contributed by atoms with Gasteiger partial charge in [0.05, 0.1) is 18.8 Å². The van der Waals surface area contributed by atoms with Gasteiger partial charge in [-0.1, -0.05) is 32.1 Å². The van der Waals surface area contributed by atoms with Crippen molar-refractivity contribution in [2.24, 2.45) is 5.92 Å². The topological polar surface area (TPSA) is 59.8 Å². The van der Waals surface area contributed by atoms with E-state index >= 15 is 0 Å². The van der Waals surface area contributed by atoms with Gasteiger partial charge in [0.15, 0.2) is 11.2 Å². The molecular formula is C31H38FNO4. The van der Waals surface area contributed by atoms with Gasteiger partial charge in [-0.3, -0.25) is 9.59 Å². The highest BCUT2D eigenvalue weighted by Crippen LogP contribution is 2.23. The Kier molecular flexibility index (Phi) is 9.89. The number of fused-ring (bicyclic) bond motifs is 1. The minimum atomic E-state index is -0.303. The number of rotatable bonds is 13. The Balaban J connectivity index is 1.05. The van der Waals surface area contributed by atoms with Crippen LogP contribution in [0.3, 0.4) is 0 Å². The quantitative estimate of drug-likeness (QED) is 0.188. The molecule has 1 aliphatic heterocycles. The van der Waals surface area contributed by atoms with Crippen molar-refractivity contribution >= 4 is 16.8 Å². The van der Waals surface area contributed by atoms with Crippen LogP contribution < -0.4 is 10.2 Å². The third-order valence-corrected chi connectivity index (χ3v) is 7.56. The number of ether oxygens (including phenoxy) is 1. The van der Waals surface area contributed by atoms with Gasteiger partial charge in [-0.15, -0.1) is 0 Å². The molecule has 1 aliphatic rings. The zero-order valence-corrected chi connectivity index (χ0v) is 21.8. The standard InChI is InChI=1S/C31H38FNO4/c1-36-27-14-15-29-28(21-27)31(35)25(22-37-29)9-7-5-3-2-4-6-8-18-33-19-16-24(17-20-33)30(34)23-10-12-26(32)13-11-23/h10-15,21-22,24H,2-9,16-20H2,1H3. The molecule has 5 nitrogen and oxygen atoms in total. The molecule has 0 radical (unpaired) electrons. The second-order valence-electron chi connectivity index (χ2n) is 10.2. The summed E-state index contributed by atoms with van der Waals surface area (Å²) in [7, 11) is 1.59. The Morgan fingerprint density at radius 1 is 0.973 bits per heavy atom. The van der Waals surface area contributed by atoms with Gasteiger partial charge in [-0.2, -0.15) is 0 Å². The summed E-state index contributed by atoms with van der Waals surface area (Å²) in [5.74, 6) is 0.577. The minimum Gasteiger partial charge on any atom is -0.497 e. The Hall–Kier alpha value is -2.99. The number of aryl methyl sites for hydroxylation is 1. The van der Waals surface area contributed by atoms with Gasteiger partial charge in [0, 0.05) is 17.0 Å². The molecule has 0 spiro atoms. The van der Waals surface area contributed by atoms with Crippen LogP contribution in [0.4, 0.5) is 4.39 Å². The van der Waals surface area contributed by atoms with Crippen molar-refractivity contribution < 1.29 is 18.3 Å². The third kappa shape index (κ3) is 7.51. The smallest absolute Gasteiger partial charge is 0.195 e. The van der Waals surface area contributed by atoms with Gasteiger partial charge in [0.25, 0.3) is 0 Å². The van der Waals surface area contributed by atoms with E-state index in [1.165, 1.54) is 44.2 Å². The highest BCUT2D eigenvalue weighted by molar-refractivity contribution is 5.97. The minimum absolute atomic E-state index is 0.0454. The van der Waals surface area contributed by atoms with E-state index in [0.29, 0.717) is 22.3 Å². The predicted molar refractivity (Wildman–Crippen MR) is 145 cm³/mol. The van der Waals surface area contributed by atoms with Crippen molar-refractivity contribution in [1.82, 2.24) is 4.90 Å². The summed E-state index contributed by atoms with van der Waals surface area (Å²) < 4.78 is 24.0. The van der Waals surface area contributed by atoms with E-state index in [0.717, 1.165) is 57.3 Å². The van der Waals surface area contributed by atoms with Crippen LogP contribution in [0.15, 0.2) is 57.9 Å². The van der Waals surface area contributed by atoms with Gasteiger partial charge >= 0.3 is 0 Å². The van der Waals surface area contributed by atoms with Gasteiger partial charge in [-0.05, 0) is 94.2 Å². The molecule has 37 heavy (non-hydrogen) atoms.